The number of hydrogen-bond acceptors (Lipinski definition) is 5. The average molecular weight is 381 g/mol. The Hall–Kier alpha value is -3.25. The molecule has 0 bridgehead atoms. The van der Waals surface area contributed by atoms with E-state index in [4.69, 9.17) is 21.1 Å². The first kappa shape index (κ1) is 17.2. The van der Waals surface area contributed by atoms with Gasteiger partial charge in [0.05, 0.1) is 7.11 Å². The van der Waals surface area contributed by atoms with Crippen LogP contribution in [0.25, 0.3) is 10.8 Å². The molecule has 6 nitrogen and oxygen atoms in total. The molecule has 0 fully saturated rings. The van der Waals surface area contributed by atoms with Crippen molar-refractivity contribution in [2.24, 2.45) is 0 Å². The maximum Gasteiger partial charge on any atom is 0.229 e. The lowest BCUT2D eigenvalue weighted by Crippen LogP contribution is -1.97. The van der Waals surface area contributed by atoms with E-state index in [-0.39, 0.29) is 0 Å². The third kappa shape index (κ3) is 3.80. The van der Waals surface area contributed by atoms with E-state index in [2.05, 4.69) is 20.5 Å². The minimum absolute atomic E-state index is 0.479. The van der Waals surface area contributed by atoms with Crippen LogP contribution in [0.2, 0.25) is 5.02 Å². The molecule has 4 aromatic rings. The standard InChI is InChI=1S/C20H17ClN4O2/c1-12-9-19(25-24-12)22-18-11-13-10-16(26-2)7-8-17(13)20(23-18)27-15-5-3-14(21)4-6-15/h3-11H,1-2H3,(H2,22,23,24,25). The lowest BCUT2D eigenvalue weighted by atomic mass is 10.1. The summed E-state index contributed by atoms with van der Waals surface area (Å²) >= 11 is 5.96. The Morgan fingerprint density at radius 3 is 2.44 bits per heavy atom. The molecule has 4 rings (SSSR count). The van der Waals surface area contributed by atoms with Gasteiger partial charge in [0.1, 0.15) is 17.3 Å². The highest BCUT2D eigenvalue weighted by atomic mass is 35.5. The molecular formula is C20H17ClN4O2. The number of ether oxygens (including phenoxy) is 2. The van der Waals surface area contributed by atoms with Gasteiger partial charge in [-0.05, 0) is 60.8 Å². The smallest absolute Gasteiger partial charge is 0.229 e. The van der Waals surface area contributed by atoms with Crippen LogP contribution in [0.5, 0.6) is 17.4 Å². The number of methoxy groups -OCH3 is 1. The number of pyridine rings is 1. The summed E-state index contributed by atoms with van der Waals surface area (Å²) in [6, 6.07) is 16.7. The minimum atomic E-state index is 0.479. The van der Waals surface area contributed by atoms with Crippen molar-refractivity contribution < 1.29 is 9.47 Å². The van der Waals surface area contributed by atoms with Gasteiger partial charge in [-0.1, -0.05) is 11.6 Å². The lowest BCUT2D eigenvalue weighted by molar-refractivity contribution is 0.415. The molecular weight excluding hydrogens is 364 g/mol. The number of anilines is 2. The summed E-state index contributed by atoms with van der Waals surface area (Å²) in [6.07, 6.45) is 0. The third-order valence-electron chi connectivity index (χ3n) is 3.99. The molecule has 0 saturated heterocycles. The molecule has 7 heteroatoms. The van der Waals surface area contributed by atoms with Gasteiger partial charge in [-0.3, -0.25) is 5.10 Å². The number of nitrogens with one attached hydrogen (secondary N) is 2. The number of H-pyrrole nitrogens is 1. The van der Waals surface area contributed by atoms with Crippen molar-refractivity contribution >= 4 is 34.0 Å². The molecule has 2 N–H and O–H groups in total. The van der Waals surface area contributed by atoms with E-state index in [9.17, 15) is 0 Å². The Balaban J connectivity index is 1.77. The molecule has 2 aromatic carbocycles. The van der Waals surface area contributed by atoms with Gasteiger partial charge >= 0.3 is 0 Å². The Morgan fingerprint density at radius 2 is 1.74 bits per heavy atom. The minimum Gasteiger partial charge on any atom is -0.497 e. The molecule has 0 aliphatic carbocycles. The molecule has 0 unspecified atom stereocenters. The average Bonchev–Trinajstić information content (AvgIpc) is 3.07. The second kappa shape index (κ2) is 7.17. The summed E-state index contributed by atoms with van der Waals surface area (Å²) in [5, 5.41) is 12.7. The quantitative estimate of drug-likeness (QED) is 0.480. The summed E-state index contributed by atoms with van der Waals surface area (Å²) in [4.78, 5) is 4.62. The van der Waals surface area contributed by atoms with Gasteiger partial charge < -0.3 is 14.8 Å². The number of nitrogens with zero attached hydrogens (tertiary/aromatic N) is 2. The maximum absolute atomic E-state index is 6.02. The van der Waals surface area contributed by atoms with E-state index in [1.54, 1.807) is 31.4 Å². The number of fused-ring (bicyclic) bond motifs is 1. The Morgan fingerprint density at radius 1 is 0.963 bits per heavy atom. The number of aromatic amines is 1. The zero-order chi connectivity index (χ0) is 18.8. The first-order valence-corrected chi connectivity index (χ1v) is 8.70. The first-order valence-electron chi connectivity index (χ1n) is 8.32. The zero-order valence-electron chi connectivity index (χ0n) is 14.8. The van der Waals surface area contributed by atoms with Gasteiger partial charge in [-0.2, -0.15) is 10.1 Å². The largest absolute Gasteiger partial charge is 0.497 e. The molecule has 27 heavy (non-hydrogen) atoms. The normalized spacial score (nSPS) is 10.8. The molecule has 0 aliphatic heterocycles. The van der Waals surface area contributed by atoms with Crippen LogP contribution in [0.15, 0.2) is 54.6 Å². The van der Waals surface area contributed by atoms with Crippen molar-refractivity contribution in [1.29, 1.82) is 0 Å². The summed E-state index contributed by atoms with van der Waals surface area (Å²) in [5.74, 6) is 3.18. The number of hydrogen-bond donors (Lipinski definition) is 2. The Bertz CT molecular complexity index is 1090. The summed E-state index contributed by atoms with van der Waals surface area (Å²) < 4.78 is 11.4. The number of aryl methyl sites for hydroxylation is 1. The zero-order valence-corrected chi connectivity index (χ0v) is 15.5. The molecule has 2 heterocycles. The monoisotopic (exact) mass is 380 g/mol. The highest BCUT2D eigenvalue weighted by molar-refractivity contribution is 6.30. The van der Waals surface area contributed by atoms with Gasteiger partial charge in [0.25, 0.3) is 0 Å². The van der Waals surface area contributed by atoms with Crippen molar-refractivity contribution in [3.05, 3.63) is 65.3 Å². The van der Waals surface area contributed by atoms with E-state index in [0.717, 1.165) is 22.2 Å². The highest BCUT2D eigenvalue weighted by Crippen LogP contribution is 2.33. The number of aromatic nitrogens is 3. The van der Waals surface area contributed by atoms with Gasteiger partial charge in [-0.15, -0.1) is 0 Å². The Labute approximate surface area is 161 Å². The number of benzene rings is 2. The van der Waals surface area contributed by atoms with Crippen LogP contribution >= 0.6 is 11.6 Å². The molecule has 0 spiro atoms. The van der Waals surface area contributed by atoms with Gasteiger partial charge in [0.2, 0.25) is 5.88 Å². The van der Waals surface area contributed by atoms with Crippen LogP contribution in [0, 0.1) is 6.92 Å². The second-order valence-corrected chi connectivity index (χ2v) is 6.45. The molecule has 0 aliphatic rings. The van der Waals surface area contributed by atoms with Crippen molar-refractivity contribution in [3.8, 4) is 17.4 Å². The third-order valence-corrected chi connectivity index (χ3v) is 4.25. The van der Waals surface area contributed by atoms with Crippen LogP contribution in [0.1, 0.15) is 5.69 Å². The van der Waals surface area contributed by atoms with Gasteiger partial charge in [-0.25, -0.2) is 0 Å². The fraction of sp³-hybridized carbons (Fsp3) is 0.100. The predicted molar refractivity (Wildman–Crippen MR) is 106 cm³/mol. The predicted octanol–water partition coefficient (Wildman–Crippen LogP) is 5.46. The molecule has 0 atom stereocenters. The van der Waals surface area contributed by atoms with Gasteiger partial charge in [0, 0.05) is 22.2 Å². The van der Waals surface area contributed by atoms with Crippen molar-refractivity contribution in [1.82, 2.24) is 15.2 Å². The van der Waals surface area contributed by atoms with Crippen LogP contribution in [-0.4, -0.2) is 22.3 Å². The van der Waals surface area contributed by atoms with Crippen LogP contribution in [0.4, 0.5) is 11.6 Å². The fourth-order valence-electron chi connectivity index (χ4n) is 2.70. The molecule has 0 saturated carbocycles. The van der Waals surface area contributed by atoms with Crippen LogP contribution in [0.3, 0.4) is 0 Å². The molecule has 0 amide bonds. The number of halogens is 1. The van der Waals surface area contributed by atoms with Crippen molar-refractivity contribution in [3.63, 3.8) is 0 Å². The van der Waals surface area contributed by atoms with E-state index < -0.39 is 0 Å². The fourth-order valence-corrected chi connectivity index (χ4v) is 2.83. The Kier molecular flexibility index (Phi) is 4.56. The SMILES string of the molecule is COc1ccc2c(Oc3ccc(Cl)cc3)nc(Nc3cc(C)[nH]n3)cc2c1. The topological polar surface area (TPSA) is 72.1 Å². The van der Waals surface area contributed by atoms with E-state index in [1.807, 2.05) is 37.3 Å². The molecule has 136 valence electrons. The van der Waals surface area contributed by atoms with Crippen molar-refractivity contribution in [2.45, 2.75) is 6.92 Å². The summed E-state index contributed by atoms with van der Waals surface area (Å²) in [7, 11) is 1.64. The summed E-state index contributed by atoms with van der Waals surface area (Å²) in [6.45, 7) is 1.94. The van der Waals surface area contributed by atoms with E-state index in [0.29, 0.717) is 28.3 Å². The van der Waals surface area contributed by atoms with Crippen molar-refractivity contribution in [2.75, 3.05) is 12.4 Å². The first-order chi connectivity index (χ1) is 13.1. The number of rotatable bonds is 5. The van der Waals surface area contributed by atoms with E-state index in [1.165, 1.54) is 0 Å². The molecule has 0 radical (unpaired) electrons. The molecule has 2 aromatic heterocycles. The second-order valence-electron chi connectivity index (χ2n) is 6.02. The highest BCUT2D eigenvalue weighted by Gasteiger charge is 2.11. The summed E-state index contributed by atoms with van der Waals surface area (Å²) in [5.41, 5.74) is 0.956. The van der Waals surface area contributed by atoms with Crippen LogP contribution in [-0.2, 0) is 0 Å². The lowest BCUT2D eigenvalue weighted by Gasteiger charge is -2.12. The maximum atomic E-state index is 6.02. The van der Waals surface area contributed by atoms with Crippen LogP contribution < -0.4 is 14.8 Å². The van der Waals surface area contributed by atoms with E-state index >= 15 is 0 Å². The van der Waals surface area contributed by atoms with Gasteiger partial charge in [0.15, 0.2) is 5.82 Å².